The standard InChI is InChI=1S/C30H30N2O6/c1-4-17-10-9-11-18(5-2)26(17)32-27(34)23-24(28(32)35)30(29(36)37,20-12-7-6-8-13-20)31-25(23)19-14-15-21(33)22(16-19)38-3/h6-16,23-25,31,33H,4-5H2,1-3H3,(H,36,37). The Morgan fingerprint density at radius 3 is 2.21 bits per heavy atom. The number of hydrogen-bond donors (Lipinski definition) is 3. The highest BCUT2D eigenvalue weighted by Gasteiger charge is 2.69. The number of carbonyl (C=O) groups is 3. The monoisotopic (exact) mass is 514 g/mol. The number of nitrogens with one attached hydrogen (secondary N) is 1. The van der Waals surface area contributed by atoms with Gasteiger partial charge in [0.2, 0.25) is 11.8 Å². The smallest absolute Gasteiger partial charge is 0.329 e. The van der Waals surface area contributed by atoms with Crippen LogP contribution in [0.15, 0.2) is 66.7 Å². The van der Waals surface area contributed by atoms with Gasteiger partial charge in [0.25, 0.3) is 0 Å². The SMILES string of the molecule is CCc1cccc(CC)c1N1C(=O)C2C(c3ccc(O)c(OC)c3)NC(C(=O)O)(c3ccccc3)C2C1=O. The maximum absolute atomic E-state index is 14.3. The largest absolute Gasteiger partial charge is 0.504 e. The number of carboxylic acids is 1. The molecule has 0 saturated carbocycles. The highest BCUT2D eigenvalue weighted by Crippen LogP contribution is 2.54. The normalized spacial score (nSPS) is 24.5. The van der Waals surface area contributed by atoms with Crippen LogP contribution in [0.3, 0.4) is 0 Å². The maximum atomic E-state index is 14.3. The van der Waals surface area contributed by atoms with Gasteiger partial charge in [0.05, 0.1) is 24.6 Å². The molecule has 5 rings (SSSR count). The number of aryl methyl sites for hydroxylation is 2. The second-order valence-corrected chi connectivity index (χ2v) is 9.68. The maximum Gasteiger partial charge on any atom is 0.329 e. The summed E-state index contributed by atoms with van der Waals surface area (Å²) < 4.78 is 5.28. The minimum absolute atomic E-state index is 0.0849. The molecule has 4 atom stereocenters. The fraction of sp³-hybridized carbons (Fsp3) is 0.300. The van der Waals surface area contributed by atoms with Crippen molar-refractivity contribution < 1.29 is 29.3 Å². The number of para-hydroxylation sites is 1. The van der Waals surface area contributed by atoms with E-state index in [9.17, 15) is 24.6 Å². The van der Waals surface area contributed by atoms with E-state index in [1.807, 2.05) is 32.0 Å². The van der Waals surface area contributed by atoms with E-state index in [1.54, 1.807) is 42.5 Å². The van der Waals surface area contributed by atoms with Crippen LogP contribution in [0.1, 0.15) is 42.1 Å². The van der Waals surface area contributed by atoms with Gasteiger partial charge in [0.1, 0.15) is 0 Å². The quantitative estimate of drug-likeness (QED) is 0.409. The first-order chi connectivity index (χ1) is 18.3. The van der Waals surface area contributed by atoms with Crippen molar-refractivity contribution in [2.75, 3.05) is 12.0 Å². The topological polar surface area (TPSA) is 116 Å². The van der Waals surface area contributed by atoms with E-state index < -0.39 is 41.2 Å². The molecule has 8 nitrogen and oxygen atoms in total. The van der Waals surface area contributed by atoms with Crippen LogP contribution in [0.4, 0.5) is 5.69 Å². The van der Waals surface area contributed by atoms with Gasteiger partial charge in [-0.05, 0) is 47.2 Å². The molecular formula is C30H30N2O6. The van der Waals surface area contributed by atoms with Gasteiger partial charge in [0.15, 0.2) is 17.0 Å². The summed E-state index contributed by atoms with van der Waals surface area (Å²) in [6.07, 6.45) is 1.21. The molecule has 3 aromatic rings. The molecule has 2 aliphatic rings. The van der Waals surface area contributed by atoms with Crippen molar-refractivity contribution in [1.29, 1.82) is 0 Å². The fourth-order valence-corrected chi connectivity index (χ4v) is 6.09. The van der Waals surface area contributed by atoms with Crippen LogP contribution in [0.2, 0.25) is 0 Å². The third kappa shape index (κ3) is 3.59. The fourth-order valence-electron chi connectivity index (χ4n) is 6.09. The summed E-state index contributed by atoms with van der Waals surface area (Å²) in [6, 6.07) is 18.0. The minimum atomic E-state index is -1.85. The summed E-state index contributed by atoms with van der Waals surface area (Å²) in [5, 5.41) is 24.1. The van der Waals surface area contributed by atoms with Crippen molar-refractivity contribution in [1.82, 2.24) is 5.32 Å². The van der Waals surface area contributed by atoms with E-state index in [0.29, 0.717) is 29.7 Å². The highest BCUT2D eigenvalue weighted by atomic mass is 16.5. The van der Waals surface area contributed by atoms with E-state index >= 15 is 0 Å². The van der Waals surface area contributed by atoms with E-state index in [1.165, 1.54) is 18.1 Å². The van der Waals surface area contributed by atoms with Crippen LogP contribution in [0.25, 0.3) is 0 Å². The van der Waals surface area contributed by atoms with Crippen molar-refractivity contribution in [2.24, 2.45) is 11.8 Å². The summed E-state index contributed by atoms with van der Waals surface area (Å²) in [5.74, 6) is -4.32. The number of methoxy groups -OCH3 is 1. The van der Waals surface area contributed by atoms with Crippen molar-refractivity contribution in [3.05, 3.63) is 89.0 Å². The Morgan fingerprint density at radius 1 is 0.974 bits per heavy atom. The number of carbonyl (C=O) groups excluding carboxylic acids is 2. The molecule has 0 spiro atoms. The van der Waals surface area contributed by atoms with Crippen molar-refractivity contribution in [3.63, 3.8) is 0 Å². The number of phenolic OH excluding ortho intramolecular Hbond substituents is 1. The summed E-state index contributed by atoms with van der Waals surface area (Å²) in [4.78, 5) is 43.0. The van der Waals surface area contributed by atoms with Gasteiger partial charge in [0, 0.05) is 6.04 Å². The molecule has 38 heavy (non-hydrogen) atoms. The number of phenols is 1. The molecule has 3 N–H and O–H groups in total. The van der Waals surface area contributed by atoms with Gasteiger partial charge in [-0.1, -0.05) is 68.4 Å². The number of carboxylic acid groups (broad SMARTS) is 1. The second-order valence-electron chi connectivity index (χ2n) is 9.68. The van der Waals surface area contributed by atoms with Crippen molar-refractivity contribution in [3.8, 4) is 11.5 Å². The first-order valence-corrected chi connectivity index (χ1v) is 12.7. The van der Waals surface area contributed by atoms with Crippen molar-refractivity contribution in [2.45, 2.75) is 38.3 Å². The zero-order chi connectivity index (χ0) is 27.2. The van der Waals surface area contributed by atoms with Crippen LogP contribution >= 0.6 is 0 Å². The van der Waals surface area contributed by atoms with Crippen LogP contribution in [0.5, 0.6) is 11.5 Å². The average molecular weight is 515 g/mol. The van der Waals surface area contributed by atoms with Gasteiger partial charge in [-0.2, -0.15) is 0 Å². The number of benzene rings is 3. The van der Waals surface area contributed by atoms with Crippen molar-refractivity contribution >= 4 is 23.5 Å². The third-order valence-corrected chi connectivity index (χ3v) is 7.88. The van der Waals surface area contributed by atoms with E-state index in [0.717, 1.165) is 11.1 Å². The van der Waals surface area contributed by atoms with E-state index in [-0.39, 0.29) is 11.5 Å². The molecule has 0 radical (unpaired) electrons. The van der Waals surface area contributed by atoms with Gasteiger partial charge >= 0.3 is 5.97 Å². The molecule has 2 fully saturated rings. The molecule has 196 valence electrons. The van der Waals surface area contributed by atoms with Gasteiger partial charge in [-0.3, -0.25) is 14.9 Å². The Bertz CT molecular complexity index is 1400. The number of ether oxygens (including phenoxy) is 1. The first-order valence-electron chi connectivity index (χ1n) is 12.7. The van der Waals surface area contributed by atoms with E-state index in [4.69, 9.17) is 4.74 Å². The second kappa shape index (κ2) is 9.61. The zero-order valence-corrected chi connectivity index (χ0v) is 21.5. The van der Waals surface area contributed by atoms with Gasteiger partial charge in [-0.15, -0.1) is 0 Å². The number of aromatic hydroxyl groups is 1. The Morgan fingerprint density at radius 2 is 1.63 bits per heavy atom. The summed E-state index contributed by atoms with van der Waals surface area (Å²) in [6.45, 7) is 3.92. The number of aliphatic carboxylic acids is 1. The highest BCUT2D eigenvalue weighted by molar-refractivity contribution is 6.25. The van der Waals surface area contributed by atoms with Crippen LogP contribution in [0, 0.1) is 11.8 Å². The van der Waals surface area contributed by atoms with Gasteiger partial charge in [-0.25, -0.2) is 9.69 Å². The number of nitrogens with zero attached hydrogens (tertiary/aromatic N) is 1. The Kier molecular flexibility index (Phi) is 6.44. The zero-order valence-electron chi connectivity index (χ0n) is 21.5. The Labute approximate surface area is 220 Å². The molecule has 0 aliphatic carbocycles. The molecule has 0 aromatic heterocycles. The molecule has 4 unspecified atom stereocenters. The predicted octanol–water partition coefficient (Wildman–Crippen LogP) is 3.96. The lowest BCUT2D eigenvalue weighted by Crippen LogP contribution is -2.53. The molecule has 0 bridgehead atoms. The first kappa shape index (κ1) is 25.5. The van der Waals surface area contributed by atoms with Crippen LogP contribution in [-0.2, 0) is 32.8 Å². The number of fused-ring (bicyclic) bond motifs is 1. The Balaban J connectivity index is 1.76. The lowest BCUT2D eigenvalue weighted by molar-refractivity contribution is -0.149. The number of hydrogen-bond acceptors (Lipinski definition) is 6. The van der Waals surface area contributed by atoms with Gasteiger partial charge < -0.3 is 14.9 Å². The molecular weight excluding hydrogens is 484 g/mol. The van der Waals surface area contributed by atoms with Crippen LogP contribution < -0.4 is 15.0 Å². The molecule has 2 heterocycles. The summed E-state index contributed by atoms with van der Waals surface area (Å²) >= 11 is 0. The molecule has 2 saturated heterocycles. The molecule has 2 amide bonds. The summed E-state index contributed by atoms with van der Waals surface area (Å²) in [7, 11) is 1.41. The molecule has 2 aliphatic heterocycles. The summed E-state index contributed by atoms with van der Waals surface area (Å²) in [5.41, 5.74) is 1.33. The lowest BCUT2D eigenvalue weighted by atomic mass is 9.75. The predicted molar refractivity (Wildman–Crippen MR) is 141 cm³/mol. The minimum Gasteiger partial charge on any atom is -0.504 e. The Hall–Kier alpha value is -4.17. The van der Waals surface area contributed by atoms with E-state index in [2.05, 4.69) is 5.32 Å². The third-order valence-electron chi connectivity index (χ3n) is 7.88. The number of rotatable bonds is 7. The van der Waals surface area contributed by atoms with Crippen LogP contribution in [-0.4, -0.2) is 35.1 Å². The number of amides is 2. The molecule has 8 heteroatoms. The average Bonchev–Trinajstić information content (AvgIpc) is 3.43. The number of anilines is 1. The lowest BCUT2D eigenvalue weighted by Gasteiger charge is -2.32. The molecule has 3 aromatic carbocycles. The number of imide groups is 1.